The lowest BCUT2D eigenvalue weighted by molar-refractivity contribution is 0.135. The van der Waals surface area contributed by atoms with Gasteiger partial charge in [0.25, 0.3) is 0 Å². The highest BCUT2D eigenvalue weighted by atomic mass is 32.1. The van der Waals surface area contributed by atoms with Crippen molar-refractivity contribution in [2.75, 3.05) is 0 Å². The number of nitrogens with zero attached hydrogens (tertiary/aromatic N) is 1. The Morgan fingerprint density at radius 3 is 2.92 bits per heavy atom. The summed E-state index contributed by atoms with van der Waals surface area (Å²) < 4.78 is 0. The zero-order valence-electron chi connectivity index (χ0n) is 7.65. The minimum Gasteiger partial charge on any atom is -0.392 e. The lowest BCUT2D eigenvalue weighted by Crippen LogP contribution is -2.16. The van der Waals surface area contributed by atoms with Crippen LogP contribution in [0.15, 0.2) is 11.6 Å². The Bertz CT molecular complexity index is 247. The van der Waals surface area contributed by atoms with E-state index in [1.54, 1.807) is 11.3 Å². The molecule has 0 saturated heterocycles. The Balaban J connectivity index is 2.11. The maximum Gasteiger partial charge on any atom is 0.0981 e. The fourth-order valence-corrected chi connectivity index (χ4v) is 2.83. The smallest absolute Gasteiger partial charge is 0.0981 e. The normalized spacial score (nSPS) is 29.9. The summed E-state index contributed by atoms with van der Waals surface area (Å²) in [4.78, 5) is 4.29. The molecule has 2 rings (SSSR count). The van der Waals surface area contributed by atoms with E-state index in [2.05, 4.69) is 4.98 Å². The van der Waals surface area contributed by atoms with Gasteiger partial charge in [0.2, 0.25) is 0 Å². The van der Waals surface area contributed by atoms with Gasteiger partial charge in [-0.05, 0) is 12.8 Å². The van der Waals surface area contributed by atoms with E-state index in [4.69, 9.17) is 0 Å². The van der Waals surface area contributed by atoms with Crippen molar-refractivity contribution in [1.82, 2.24) is 4.98 Å². The molecule has 1 saturated carbocycles. The van der Waals surface area contributed by atoms with Crippen LogP contribution >= 0.6 is 11.3 Å². The molecule has 0 aromatic carbocycles. The molecule has 1 aromatic heterocycles. The molecule has 72 valence electrons. The molecule has 2 nitrogen and oxygen atoms in total. The predicted octanol–water partition coefficient (Wildman–Crippen LogP) is 2.55. The standard InChI is InChI=1S/C10H15NOS/c12-9-5-3-1-2-4-8(9)10-11-6-7-13-10/h6-9,12H,1-5H2. The molecule has 0 aliphatic heterocycles. The second kappa shape index (κ2) is 4.20. The van der Waals surface area contributed by atoms with Crippen molar-refractivity contribution >= 4 is 11.3 Å². The maximum absolute atomic E-state index is 9.89. The van der Waals surface area contributed by atoms with Gasteiger partial charge < -0.3 is 5.11 Å². The van der Waals surface area contributed by atoms with Crippen LogP contribution < -0.4 is 0 Å². The Hall–Kier alpha value is -0.410. The number of aliphatic hydroxyl groups is 1. The molecule has 0 amide bonds. The largest absolute Gasteiger partial charge is 0.392 e. The molecule has 1 aliphatic rings. The molecule has 1 heterocycles. The van der Waals surface area contributed by atoms with Crippen LogP contribution in [0.1, 0.15) is 43.0 Å². The topological polar surface area (TPSA) is 33.1 Å². The van der Waals surface area contributed by atoms with Crippen LogP contribution in [-0.2, 0) is 0 Å². The SMILES string of the molecule is OC1CCCCCC1c1nccs1. The zero-order chi connectivity index (χ0) is 9.10. The van der Waals surface area contributed by atoms with Crippen LogP contribution in [0.3, 0.4) is 0 Å². The summed E-state index contributed by atoms with van der Waals surface area (Å²) in [5.41, 5.74) is 0. The third-order valence-electron chi connectivity index (χ3n) is 2.75. The summed E-state index contributed by atoms with van der Waals surface area (Å²) in [5, 5.41) is 13.0. The summed E-state index contributed by atoms with van der Waals surface area (Å²) in [7, 11) is 0. The van der Waals surface area contributed by atoms with Crippen molar-refractivity contribution in [1.29, 1.82) is 0 Å². The van der Waals surface area contributed by atoms with Crippen molar-refractivity contribution in [3.05, 3.63) is 16.6 Å². The third kappa shape index (κ3) is 2.09. The fraction of sp³-hybridized carbons (Fsp3) is 0.700. The first-order valence-corrected chi connectivity index (χ1v) is 5.83. The van der Waals surface area contributed by atoms with Gasteiger partial charge in [-0.2, -0.15) is 0 Å². The van der Waals surface area contributed by atoms with Crippen LogP contribution in [0, 0.1) is 0 Å². The first-order valence-electron chi connectivity index (χ1n) is 4.95. The van der Waals surface area contributed by atoms with E-state index in [9.17, 15) is 5.11 Å². The molecule has 1 aliphatic carbocycles. The Morgan fingerprint density at radius 1 is 1.31 bits per heavy atom. The molecule has 2 unspecified atom stereocenters. The van der Waals surface area contributed by atoms with Gasteiger partial charge in [0.05, 0.1) is 11.1 Å². The predicted molar refractivity (Wildman–Crippen MR) is 53.9 cm³/mol. The highest BCUT2D eigenvalue weighted by Crippen LogP contribution is 2.32. The van der Waals surface area contributed by atoms with E-state index in [0.29, 0.717) is 5.92 Å². The van der Waals surface area contributed by atoms with E-state index in [0.717, 1.165) is 17.8 Å². The van der Waals surface area contributed by atoms with Crippen LogP contribution in [0.5, 0.6) is 0 Å². The molecular formula is C10H15NOS. The van der Waals surface area contributed by atoms with Crippen molar-refractivity contribution in [2.45, 2.75) is 44.1 Å². The molecule has 13 heavy (non-hydrogen) atoms. The Labute approximate surface area is 82.6 Å². The van der Waals surface area contributed by atoms with E-state index in [1.165, 1.54) is 19.3 Å². The molecule has 3 heteroatoms. The highest BCUT2D eigenvalue weighted by Gasteiger charge is 2.24. The van der Waals surface area contributed by atoms with Gasteiger partial charge in [0, 0.05) is 17.5 Å². The van der Waals surface area contributed by atoms with Gasteiger partial charge in [-0.1, -0.05) is 19.3 Å². The summed E-state index contributed by atoms with van der Waals surface area (Å²) in [6, 6.07) is 0. The third-order valence-corrected chi connectivity index (χ3v) is 3.66. The average Bonchev–Trinajstić information content (AvgIpc) is 2.56. The van der Waals surface area contributed by atoms with Crippen LogP contribution in [0.4, 0.5) is 0 Å². The lowest BCUT2D eigenvalue weighted by atomic mass is 9.98. The number of rotatable bonds is 1. The van der Waals surface area contributed by atoms with Crippen LogP contribution in [-0.4, -0.2) is 16.2 Å². The molecule has 0 bridgehead atoms. The van der Waals surface area contributed by atoms with Crippen LogP contribution in [0.2, 0.25) is 0 Å². The van der Waals surface area contributed by atoms with Crippen molar-refractivity contribution < 1.29 is 5.11 Å². The van der Waals surface area contributed by atoms with Crippen molar-refractivity contribution in [2.24, 2.45) is 0 Å². The van der Waals surface area contributed by atoms with E-state index in [1.807, 2.05) is 11.6 Å². The summed E-state index contributed by atoms with van der Waals surface area (Å²) in [6.45, 7) is 0. The second-order valence-corrected chi connectivity index (χ2v) is 4.61. The highest BCUT2D eigenvalue weighted by molar-refractivity contribution is 7.09. The first-order chi connectivity index (χ1) is 6.38. The van der Waals surface area contributed by atoms with Crippen LogP contribution in [0.25, 0.3) is 0 Å². The molecule has 1 N–H and O–H groups in total. The summed E-state index contributed by atoms with van der Waals surface area (Å²) in [5.74, 6) is 0.308. The van der Waals surface area contributed by atoms with E-state index in [-0.39, 0.29) is 6.10 Å². The van der Waals surface area contributed by atoms with Gasteiger partial charge in [0.15, 0.2) is 0 Å². The monoisotopic (exact) mass is 197 g/mol. The summed E-state index contributed by atoms with van der Waals surface area (Å²) in [6.07, 6.45) is 7.40. The zero-order valence-corrected chi connectivity index (χ0v) is 8.46. The van der Waals surface area contributed by atoms with Crippen molar-refractivity contribution in [3.8, 4) is 0 Å². The maximum atomic E-state index is 9.89. The number of hydrogen-bond donors (Lipinski definition) is 1. The molecule has 0 spiro atoms. The number of aliphatic hydroxyl groups excluding tert-OH is 1. The van der Waals surface area contributed by atoms with E-state index < -0.39 is 0 Å². The quantitative estimate of drug-likeness (QED) is 0.702. The van der Waals surface area contributed by atoms with E-state index >= 15 is 0 Å². The molecule has 2 atom stereocenters. The van der Waals surface area contributed by atoms with Gasteiger partial charge >= 0.3 is 0 Å². The number of hydrogen-bond acceptors (Lipinski definition) is 3. The van der Waals surface area contributed by atoms with Gasteiger partial charge in [-0.15, -0.1) is 11.3 Å². The van der Waals surface area contributed by atoms with Gasteiger partial charge in [-0.25, -0.2) is 4.98 Å². The second-order valence-electron chi connectivity index (χ2n) is 3.68. The Kier molecular flexibility index (Phi) is 2.96. The van der Waals surface area contributed by atoms with Gasteiger partial charge in [-0.3, -0.25) is 0 Å². The molecular weight excluding hydrogens is 182 g/mol. The molecule has 0 radical (unpaired) electrons. The average molecular weight is 197 g/mol. The Morgan fingerprint density at radius 2 is 2.15 bits per heavy atom. The minimum absolute atomic E-state index is 0.159. The summed E-state index contributed by atoms with van der Waals surface area (Å²) >= 11 is 1.67. The molecule has 1 fully saturated rings. The minimum atomic E-state index is -0.159. The molecule has 1 aromatic rings. The van der Waals surface area contributed by atoms with Crippen molar-refractivity contribution in [3.63, 3.8) is 0 Å². The van der Waals surface area contributed by atoms with Gasteiger partial charge in [0.1, 0.15) is 0 Å². The lowest BCUT2D eigenvalue weighted by Gasteiger charge is -2.17. The number of thiazole rings is 1. The number of aromatic nitrogens is 1. The fourth-order valence-electron chi connectivity index (χ4n) is 1.99. The first kappa shape index (κ1) is 9.16.